The highest BCUT2D eigenvalue weighted by atomic mass is 14.9. The number of hydrogen-bond donors (Lipinski definition) is 1. The number of aryl methyl sites for hydroxylation is 1. The average molecular weight is 281 g/mol. The van der Waals surface area contributed by atoms with Crippen molar-refractivity contribution in [2.75, 3.05) is 0 Å². The summed E-state index contributed by atoms with van der Waals surface area (Å²) in [5.74, 6) is 0.560. The Morgan fingerprint density at radius 3 is 1.95 bits per heavy atom. The molecular formula is C20H27N. The normalized spacial score (nSPS) is 14.1. The van der Waals surface area contributed by atoms with Crippen molar-refractivity contribution < 1.29 is 0 Å². The molecule has 0 aliphatic carbocycles. The van der Waals surface area contributed by atoms with E-state index in [-0.39, 0.29) is 0 Å². The maximum Gasteiger partial charge on any atom is 0.0348 e. The van der Waals surface area contributed by atoms with Crippen molar-refractivity contribution in [2.45, 2.75) is 46.2 Å². The molecule has 2 aromatic carbocycles. The van der Waals surface area contributed by atoms with Crippen LogP contribution in [0.5, 0.6) is 0 Å². The zero-order valence-electron chi connectivity index (χ0n) is 13.6. The molecule has 0 spiro atoms. The molecule has 0 saturated carbocycles. The molecular weight excluding hydrogens is 254 g/mol. The smallest absolute Gasteiger partial charge is 0.0348 e. The summed E-state index contributed by atoms with van der Waals surface area (Å²) in [6, 6.07) is 20.4. The van der Waals surface area contributed by atoms with Crippen LogP contribution < -0.4 is 5.32 Å². The number of rotatable bonds is 6. The molecule has 0 amide bonds. The highest BCUT2D eigenvalue weighted by Crippen LogP contribution is 2.25. The van der Waals surface area contributed by atoms with Crippen molar-refractivity contribution in [3.8, 4) is 0 Å². The maximum atomic E-state index is 3.79. The summed E-state index contributed by atoms with van der Waals surface area (Å²) in [5.41, 5.74) is 4.12. The molecule has 0 heterocycles. The first kappa shape index (κ1) is 15.8. The van der Waals surface area contributed by atoms with Gasteiger partial charge in [-0.15, -0.1) is 0 Å². The molecule has 0 saturated heterocycles. The maximum absolute atomic E-state index is 3.79. The second-order valence-electron chi connectivity index (χ2n) is 6.12. The molecule has 2 rings (SSSR count). The van der Waals surface area contributed by atoms with Gasteiger partial charge in [-0.3, -0.25) is 0 Å². The van der Waals surface area contributed by atoms with E-state index in [0.717, 1.165) is 6.42 Å². The third-order valence-electron chi connectivity index (χ3n) is 4.14. The standard InChI is InChI=1S/C20H27N/c1-5-17-11-13-18(14-12-17)16(4)21-20(15(2)3)19-9-7-6-8-10-19/h6-16,20-21H,5H2,1-4H3. The Hall–Kier alpha value is -1.60. The number of hydrogen-bond acceptors (Lipinski definition) is 1. The largest absolute Gasteiger partial charge is 0.303 e. The lowest BCUT2D eigenvalue weighted by Gasteiger charge is -2.27. The molecule has 2 unspecified atom stereocenters. The number of nitrogens with one attached hydrogen (secondary N) is 1. The predicted octanol–water partition coefficient (Wildman–Crippen LogP) is 5.30. The molecule has 0 radical (unpaired) electrons. The molecule has 2 aromatic rings. The van der Waals surface area contributed by atoms with Crippen molar-refractivity contribution in [3.05, 3.63) is 71.3 Å². The predicted molar refractivity (Wildman–Crippen MR) is 91.4 cm³/mol. The van der Waals surface area contributed by atoms with E-state index in [2.05, 4.69) is 87.6 Å². The summed E-state index contributed by atoms with van der Waals surface area (Å²) in [6.45, 7) is 9.00. The minimum atomic E-state index is 0.350. The van der Waals surface area contributed by atoms with Gasteiger partial charge in [0.1, 0.15) is 0 Å². The van der Waals surface area contributed by atoms with E-state index in [1.807, 2.05) is 0 Å². The van der Waals surface area contributed by atoms with Crippen LogP contribution in [0.15, 0.2) is 54.6 Å². The van der Waals surface area contributed by atoms with Crippen LogP contribution in [0.1, 0.15) is 56.5 Å². The lowest BCUT2D eigenvalue weighted by molar-refractivity contribution is 0.374. The number of benzene rings is 2. The first-order valence-corrected chi connectivity index (χ1v) is 8.01. The molecule has 0 aliphatic heterocycles. The van der Waals surface area contributed by atoms with Crippen LogP contribution in [-0.2, 0) is 6.42 Å². The fourth-order valence-electron chi connectivity index (χ4n) is 2.74. The third kappa shape index (κ3) is 4.18. The summed E-state index contributed by atoms with van der Waals surface area (Å²) in [7, 11) is 0. The fourth-order valence-corrected chi connectivity index (χ4v) is 2.74. The second-order valence-corrected chi connectivity index (χ2v) is 6.12. The summed E-state index contributed by atoms with van der Waals surface area (Å²) in [4.78, 5) is 0. The van der Waals surface area contributed by atoms with Gasteiger partial charge in [-0.05, 0) is 36.0 Å². The molecule has 112 valence electrons. The zero-order valence-corrected chi connectivity index (χ0v) is 13.6. The average Bonchev–Trinajstić information content (AvgIpc) is 2.53. The molecule has 0 aliphatic rings. The van der Waals surface area contributed by atoms with Crippen LogP contribution in [0, 0.1) is 5.92 Å². The lowest BCUT2D eigenvalue weighted by Crippen LogP contribution is -2.28. The van der Waals surface area contributed by atoms with Crippen molar-refractivity contribution in [3.63, 3.8) is 0 Å². The van der Waals surface area contributed by atoms with Gasteiger partial charge in [0.05, 0.1) is 0 Å². The molecule has 1 nitrogen and oxygen atoms in total. The van der Waals surface area contributed by atoms with Crippen LogP contribution in [0.25, 0.3) is 0 Å². The van der Waals surface area contributed by atoms with Crippen molar-refractivity contribution >= 4 is 0 Å². The van der Waals surface area contributed by atoms with E-state index < -0.39 is 0 Å². The summed E-state index contributed by atoms with van der Waals surface area (Å²) in [6.07, 6.45) is 1.10. The lowest BCUT2D eigenvalue weighted by atomic mass is 9.94. The summed E-state index contributed by atoms with van der Waals surface area (Å²) >= 11 is 0. The van der Waals surface area contributed by atoms with Gasteiger partial charge in [0, 0.05) is 12.1 Å². The highest BCUT2D eigenvalue weighted by molar-refractivity contribution is 5.26. The zero-order chi connectivity index (χ0) is 15.2. The van der Waals surface area contributed by atoms with Gasteiger partial charge in [-0.1, -0.05) is 75.4 Å². The Morgan fingerprint density at radius 2 is 1.43 bits per heavy atom. The van der Waals surface area contributed by atoms with Gasteiger partial charge < -0.3 is 5.32 Å². The molecule has 21 heavy (non-hydrogen) atoms. The topological polar surface area (TPSA) is 12.0 Å². The van der Waals surface area contributed by atoms with E-state index in [9.17, 15) is 0 Å². The monoisotopic (exact) mass is 281 g/mol. The van der Waals surface area contributed by atoms with E-state index in [4.69, 9.17) is 0 Å². The molecule has 0 fully saturated rings. The van der Waals surface area contributed by atoms with Gasteiger partial charge in [0.15, 0.2) is 0 Å². The quantitative estimate of drug-likeness (QED) is 0.758. The van der Waals surface area contributed by atoms with E-state index in [1.54, 1.807) is 0 Å². The summed E-state index contributed by atoms with van der Waals surface area (Å²) < 4.78 is 0. The van der Waals surface area contributed by atoms with Gasteiger partial charge in [0.2, 0.25) is 0 Å². The van der Waals surface area contributed by atoms with E-state index in [1.165, 1.54) is 16.7 Å². The molecule has 1 N–H and O–H groups in total. The fraction of sp³-hybridized carbons (Fsp3) is 0.400. The molecule has 0 aromatic heterocycles. The second kappa shape index (κ2) is 7.42. The van der Waals surface area contributed by atoms with Crippen molar-refractivity contribution in [1.82, 2.24) is 5.32 Å². The first-order chi connectivity index (χ1) is 10.1. The Bertz CT molecular complexity index is 528. The third-order valence-corrected chi connectivity index (χ3v) is 4.14. The van der Waals surface area contributed by atoms with Crippen LogP contribution in [0.3, 0.4) is 0 Å². The first-order valence-electron chi connectivity index (χ1n) is 8.01. The van der Waals surface area contributed by atoms with Crippen LogP contribution in [0.4, 0.5) is 0 Å². The highest BCUT2D eigenvalue weighted by Gasteiger charge is 2.18. The van der Waals surface area contributed by atoms with Crippen LogP contribution >= 0.6 is 0 Å². The minimum absolute atomic E-state index is 0.350. The Morgan fingerprint density at radius 1 is 0.810 bits per heavy atom. The van der Waals surface area contributed by atoms with Crippen LogP contribution in [-0.4, -0.2) is 0 Å². The van der Waals surface area contributed by atoms with Gasteiger partial charge in [0.25, 0.3) is 0 Å². The Labute approximate surface area is 129 Å². The van der Waals surface area contributed by atoms with Crippen molar-refractivity contribution in [2.24, 2.45) is 5.92 Å². The van der Waals surface area contributed by atoms with E-state index >= 15 is 0 Å². The Balaban J connectivity index is 2.12. The SMILES string of the molecule is CCc1ccc(C(C)NC(c2ccccc2)C(C)C)cc1. The van der Waals surface area contributed by atoms with Crippen LogP contribution in [0.2, 0.25) is 0 Å². The minimum Gasteiger partial charge on any atom is -0.303 e. The van der Waals surface area contributed by atoms with E-state index in [0.29, 0.717) is 18.0 Å². The molecule has 1 heteroatoms. The molecule has 0 bridgehead atoms. The Kier molecular flexibility index (Phi) is 5.58. The van der Waals surface area contributed by atoms with Crippen molar-refractivity contribution in [1.29, 1.82) is 0 Å². The van der Waals surface area contributed by atoms with Gasteiger partial charge in [-0.2, -0.15) is 0 Å². The molecule has 2 atom stereocenters. The summed E-state index contributed by atoms with van der Waals surface area (Å²) in [5, 5.41) is 3.79. The van der Waals surface area contributed by atoms with Gasteiger partial charge >= 0.3 is 0 Å². The van der Waals surface area contributed by atoms with Gasteiger partial charge in [-0.25, -0.2) is 0 Å².